The van der Waals surface area contributed by atoms with E-state index in [0.29, 0.717) is 0 Å². The van der Waals surface area contributed by atoms with E-state index in [1.165, 1.54) is 18.2 Å². The Morgan fingerprint density at radius 2 is 1.89 bits per heavy atom. The number of phenolic OH excluding ortho intramolecular Hbond substituents is 1. The number of aromatic carboxylic acids is 1. The van der Waals surface area contributed by atoms with Crippen molar-refractivity contribution < 1.29 is 19.4 Å². The van der Waals surface area contributed by atoms with E-state index in [4.69, 9.17) is 10.8 Å². The first-order chi connectivity index (χ1) is 8.49. The predicted molar refractivity (Wildman–Crippen MR) is 62.7 cm³/mol. The van der Waals surface area contributed by atoms with Gasteiger partial charge in [-0.3, -0.25) is 0 Å². The summed E-state index contributed by atoms with van der Waals surface area (Å²) in [6, 6.07) is 6.13. The minimum Gasteiger partial charge on any atom is -0.507 e. The van der Waals surface area contributed by atoms with Crippen LogP contribution >= 0.6 is 0 Å². The molecule has 0 aliphatic rings. The molecule has 18 heavy (non-hydrogen) atoms. The smallest absolute Gasteiger partial charge is 0.355 e. The standard InChI is InChI=1S/C12H9FN2O3/c13-6-1-2-7(9(16)5-6)8-3-4-10(14)15-11(8)12(17)18/h1-5,16H,(H2,14,15)(H,17,18). The van der Waals surface area contributed by atoms with Crippen molar-refractivity contribution in [2.24, 2.45) is 0 Å². The highest BCUT2D eigenvalue weighted by atomic mass is 19.1. The van der Waals surface area contributed by atoms with Crippen LogP contribution in [0.25, 0.3) is 11.1 Å². The van der Waals surface area contributed by atoms with Crippen molar-refractivity contribution in [3.63, 3.8) is 0 Å². The number of hydrogen-bond acceptors (Lipinski definition) is 4. The van der Waals surface area contributed by atoms with Crippen molar-refractivity contribution in [1.82, 2.24) is 4.98 Å². The van der Waals surface area contributed by atoms with Gasteiger partial charge in [-0.2, -0.15) is 0 Å². The number of anilines is 1. The van der Waals surface area contributed by atoms with Crippen LogP contribution in [0.3, 0.4) is 0 Å². The van der Waals surface area contributed by atoms with Gasteiger partial charge in [0.05, 0.1) is 0 Å². The van der Waals surface area contributed by atoms with Gasteiger partial charge in [0.15, 0.2) is 5.69 Å². The molecule has 1 heterocycles. The normalized spacial score (nSPS) is 10.3. The maximum absolute atomic E-state index is 12.9. The van der Waals surface area contributed by atoms with Gasteiger partial charge >= 0.3 is 5.97 Å². The number of hydrogen-bond donors (Lipinski definition) is 3. The van der Waals surface area contributed by atoms with Crippen molar-refractivity contribution in [3.8, 4) is 16.9 Å². The molecule has 0 fully saturated rings. The minimum absolute atomic E-state index is 0.0535. The number of nitrogen functional groups attached to an aromatic ring is 1. The van der Waals surface area contributed by atoms with Gasteiger partial charge in [0.2, 0.25) is 0 Å². The number of carboxylic acid groups (broad SMARTS) is 1. The Morgan fingerprint density at radius 3 is 2.50 bits per heavy atom. The molecule has 0 spiro atoms. The Labute approximate surface area is 101 Å². The molecule has 0 unspecified atom stereocenters. The van der Waals surface area contributed by atoms with Crippen LogP contribution in [0.4, 0.5) is 10.2 Å². The Morgan fingerprint density at radius 1 is 1.22 bits per heavy atom. The number of pyridine rings is 1. The third-order valence-corrected chi connectivity index (χ3v) is 2.37. The first-order valence-corrected chi connectivity index (χ1v) is 4.97. The Kier molecular flexibility index (Phi) is 2.85. The van der Waals surface area contributed by atoms with E-state index in [0.717, 1.165) is 12.1 Å². The van der Waals surface area contributed by atoms with Gasteiger partial charge in [-0.1, -0.05) is 0 Å². The number of halogens is 1. The number of aromatic hydroxyl groups is 1. The van der Waals surface area contributed by atoms with Crippen LogP contribution in [-0.2, 0) is 0 Å². The maximum atomic E-state index is 12.9. The number of nitrogens with zero attached hydrogens (tertiary/aromatic N) is 1. The van der Waals surface area contributed by atoms with Crippen molar-refractivity contribution in [2.75, 3.05) is 5.73 Å². The Bertz CT molecular complexity index is 629. The summed E-state index contributed by atoms with van der Waals surface area (Å²) in [6.45, 7) is 0. The lowest BCUT2D eigenvalue weighted by molar-refractivity contribution is 0.0691. The molecule has 1 aromatic carbocycles. The summed E-state index contributed by atoms with van der Waals surface area (Å²) < 4.78 is 12.9. The number of aromatic nitrogens is 1. The number of benzene rings is 1. The molecule has 0 saturated heterocycles. The maximum Gasteiger partial charge on any atom is 0.355 e. The third kappa shape index (κ3) is 2.08. The first kappa shape index (κ1) is 11.8. The molecule has 2 aromatic rings. The molecule has 6 heteroatoms. The minimum atomic E-state index is -1.28. The monoisotopic (exact) mass is 248 g/mol. The van der Waals surface area contributed by atoms with Gasteiger partial charge in [0.1, 0.15) is 17.4 Å². The molecular weight excluding hydrogens is 239 g/mol. The van der Waals surface area contributed by atoms with Crippen LogP contribution in [0.1, 0.15) is 10.5 Å². The van der Waals surface area contributed by atoms with Gasteiger partial charge in [-0.25, -0.2) is 14.2 Å². The molecule has 2 rings (SSSR count). The lowest BCUT2D eigenvalue weighted by Crippen LogP contribution is -2.05. The summed E-state index contributed by atoms with van der Waals surface area (Å²) in [5, 5.41) is 18.7. The van der Waals surface area contributed by atoms with E-state index in [1.807, 2.05) is 0 Å². The Hall–Kier alpha value is -2.63. The molecule has 92 valence electrons. The second-order valence-corrected chi connectivity index (χ2v) is 3.60. The summed E-state index contributed by atoms with van der Waals surface area (Å²) in [6.07, 6.45) is 0. The molecule has 0 aliphatic heterocycles. The van der Waals surface area contributed by atoms with Crippen LogP contribution in [0, 0.1) is 5.82 Å². The lowest BCUT2D eigenvalue weighted by Gasteiger charge is -2.08. The topological polar surface area (TPSA) is 96.4 Å². The van der Waals surface area contributed by atoms with Gasteiger partial charge in [-0.05, 0) is 24.3 Å². The zero-order valence-corrected chi connectivity index (χ0v) is 9.09. The van der Waals surface area contributed by atoms with Gasteiger partial charge in [0.25, 0.3) is 0 Å². The highest BCUT2D eigenvalue weighted by Gasteiger charge is 2.16. The number of phenols is 1. The zero-order chi connectivity index (χ0) is 13.3. The third-order valence-electron chi connectivity index (χ3n) is 2.37. The number of carbonyl (C=O) groups is 1. The fourth-order valence-electron chi connectivity index (χ4n) is 1.59. The predicted octanol–water partition coefficient (Wildman–Crippen LogP) is 1.87. The average molecular weight is 248 g/mol. The molecular formula is C12H9FN2O3. The molecule has 0 amide bonds. The van der Waals surface area contributed by atoms with Crippen molar-refractivity contribution in [1.29, 1.82) is 0 Å². The van der Waals surface area contributed by atoms with Crippen LogP contribution in [0.15, 0.2) is 30.3 Å². The van der Waals surface area contributed by atoms with E-state index >= 15 is 0 Å². The van der Waals surface area contributed by atoms with Crippen LogP contribution in [-0.4, -0.2) is 21.2 Å². The lowest BCUT2D eigenvalue weighted by atomic mass is 10.0. The summed E-state index contributed by atoms with van der Waals surface area (Å²) in [7, 11) is 0. The fourth-order valence-corrected chi connectivity index (χ4v) is 1.59. The van der Waals surface area contributed by atoms with Gasteiger partial charge in [-0.15, -0.1) is 0 Å². The van der Waals surface area contributed by atoms with E-state index in [1.54, 1.807) is 0 Å². The molecule has 0 radical (unpaired) electrons. The first-order valence-electron chi connectivity index (χ1n) is 4.97. The molecule has 0 saturated carbocycles. The van der Waals surface area contributed by atoms with Crippen LogP contribution in [0.5, 0.6) is 5.75 Å². The quantitative estimate of drug-likeness (QED) is 0.753. The van der Waals surface area contributed by atoms with E-state index in [2.05, 4.69) is 4.98 Å². The van der Waals surface area contributed by atoms with Crippen LogP contribution in [0.2, 0.25) is 0 Å². The molecule has 1 aromatic heterocycles. The van der Waals surface area contributed by atoms with Crippen molar-refractivity contribution in [3.05, 3.63) is 41.8 Å². The summed E-state index contributed by atoms with van der Waals surface area (Å²) in [5.74, 6) is -2.20. The van der Waals surface area contributed by atoms with Crippen molar-refractivity contribution >= 4 is 11.8 Å². The molecule has 4 N–H and O–H groups in total. The largest absolute Gasteiger partial charge is 0.507 e. The number of carboxylic acids is 1. The van der Waals surface area contributed by atoms with Crippen molar-refractivity contribution in [2.45, 2.75) is 0 Å². The molecule has 0 bridgehead atoms. The average Bonchev–Trinajstić information content (AvgIpc) is 2.29. The second-order valence-electron chi connectivity index (χ2n) is 3.60. The summed E-state index contributed by atoms with van der Waals surface area (Å²) in [5.41, 5.74) is 5.47. The van der Waals surface area contributed by atoms with Crippen LogP contribution < -0.4 is 5.73 Å². The van der Waals surface area contributed by atoms with E-state index in [-0.39, 0.29) is 28.4 Å². The second kappa shape index (κ2) is 4.33. The summed E-state index contributed by atoms with van der Waals surface area (Å²) >= 11 is 0. The molecule has 0 aliphatic carbocycles. The SMILES string of the molecule is Nc1ccc(-c2ccc(F)cc2O)c(C(=O)O)n1. The molecule has 0 atom stereocenters. The highest BCUT2D eigenvalue weighted by molar-refractivity contribution is 5.95. The number of nitrogens with two attached hydrogens (primary N) is 1. The van der Waals surface area contributed by atoms with E-state index in [9.17, 15) is 14.3 Å². The van der Waals surface area contributed by atoms with Gasteiger partial charge < -0.3 is 15.9 Å². The Balaban J connectivity index is 2.67. The van der Waals surface area contributed by atoms with Gasteiger partial charge in [0, 0.05) is 17.2 Å². The number of rotatable bonds is 2. The molecule has 5 nitrogen and oxygen atoms in total. The highest BCUT2D eigenvalue weighted by Crippen LogP contribution is 2.31. The fraction of sp³-hybridized carbons (Fsp3) is 0. The summed E-state index contributed by atoms with van der Waals surface area (Å²) in [4.78, 5) is 14.7. The van der Waals surface area contributed by atoms with E-state index < -0.39 is 11.8 Å². The zero-order valence-electron chi connectivity index (χ0n) is 9.09.